The molecule has 0 aliphatic heterocycles. The average Bonchev–Trinajstić information content (AvgIpc) is 2.36. The number of nitrogens with zero attached hydrogens (tertiary/aromatic N) is 1. The average molecular weight is 296 g/mol. The molecule has 2 atom stereocenters. The molecule has 0 radical (unpaired) electrons. The molecule has 1 unspecified atom stereocenters. The van der Waals surface area contributed by atoms with Crippen molar-refractivity contribution in [1.29, 1.82) is 0 Å². The Morgan fingerprint density at radius 3 is 2.33 bits per heavy atom. The van der Waals surface area contributed by atoms with Gasteiger partial charge in [-0.2, -0.15) is 0 Å². The molecule has 0 spiro atoms. The lowest BCUT2D eigenvalue weighted by atomic mass is 9.94. The van der Waals surface area contributed by atoms with Gasteiger partial charge in [0.25, 0.3) is 0 Å². The van der Waals surface area contributed by atoms with Crippen molar-refractivity contribution in [2.45, 2.75) is 32.4 Å². The number of aliphatic carboxylic acids is 1. The summed E-state index contributed by atoms with van der Waals surface area (Å²) in [4.78, 5) is 27.3. The summed E-state index contributed by atoms with van der Waals surface area (Å²) in [7, 11) is 1.46. The molecule has 116 valence electrons. The molecule has 1 aromatic rings. The van der Waals surface area contributed by atoms with Crippen molar-refractivity contribution in [2.24, 2.45) is 11.7 Å². The summed E-state index contributed by atoms with van der Waals surface area (Å²) in [5.74, 6) is -3.35. The maximum Gasteiger partial charge on any atom is 0.322 e. The molecule has 0 bridgehead atoms. The van der Waals surface area contributed by atoms with Crippen molar-refractivity contribution in [1.82, 2.24) is 4.98 Å². The third kappa shape index (κ3) is 4.71. The van der Waals surface area contributed by atoms with Gasteiger partial charge in [-0.1, -0.05) is 6.07 Å². The fourth-order valence-corrected chi connectivity index (χ4v) is 1.67. The van der Waals surface area contributed by atoms with Crippen LogP contribution in [-0.2, 0) is 14.3 Å². The van der Waals surface area contributed by atoms with Crippen LogP contribution in [0.4, 0.5) is 0 Å². The van der Waals surface area contributed by atoms with E-state index in [0.29, 0.717) is 11.4 Å². The summed E-state index contributed by atoms with van der Waals surface area (Å²) in [5, 5.41) is 9.25. The van der Waals surface area contributed by atoms with E-state index >= 15 is 0 Å². The molecule has 7 nitrogen and oxygen atoms in total. The number of methoxy groups -OCH3 is 1. The van der Waals surface area contributed by atoms with Crippen LogP contribution in [0.2, 0.25) is 0 Å². The van der Waals surface area contributed by atoms with Crippen LogP contribution in [0.3, 0.4) is 0 Å². The van der Waals surface area contributed by atoms with Gasteiger partial charge in [-0.05, 0) is 26.3 Å². The lowest BCUT2D eigenvalue weighted by molar-refractivity contribution is -0.167. The molecule has 0 aliphatic rings. The Hall–Kier alpha value is -2.15. The first-order valence-corrected chi connectivity index (χ1v) is 6.37. The first-order valence-electron chi connectivity index (χ1n) is 6.37. The Labute approximate surface area is 123 Å². The molecule has 1 aromatic heterocycles. The molecule has 0 aliphatic carbocycles. The Morgan fingerprint density at radius 1 is 1.33 bits per heavy atom. The number of aromatic nitrogens is 1. The van der Waals surface area contributed by atoms with Crippen LogP contribution in [0.15, 0.2) is 18.3 Å². The topological polar surface area (TPSA) is 112 Å². The van der Waals surface area contributed by atoms with Crippen LogP contribution in [0.25, 0.3) is 0 Å². The number of esters is 1. The summed E-state index contributed by atoms with van der Waals surface area (Å²) in [6.45, 7) is 4.97. The van der Waals surface area contributed by atoms with Crippen LogP contribution in [0.5, 0.6) is 5.88 Å². The highest BCUT2D eigenvalue weighted by atomic mass is 16.6. The van der Waals surface area contributed by atoms with Gasteiger partial charge < -0.3 is 20.3 Å². The van der Waals surface area contributed by atoms with Gasteiger partial charge >= 0.3 is 11.9 Å². The number of carboxylic acids is 1. The minimum Gasteiger partial charge on any atom is -0.481 e. The SMILES string of the molecule is COc1ccc(C(N)[C@@H](C(=O)O)C(=O)OC(C)(C)C)cn1. The molecule has 0 aromatic carbocycles. The second-order valence-electron chi connectivity index (χ2n) is 5.51. The zero-order valence-corrected chi connectivity index (χ0v) is 12.5. The van der Waals surface area contributed by atoms with Crippen molar-refractivity contribution >= 4 is 11.9 Å². The van der Waals surface area contributed by atoms with Crippen molar-refractivity contribution in [2.75, 3.05) is 7.11 Å². The number of pyridine rings is 1. The van der Waals surface area contributed by atoms with E-state index in [1.807, 2.05) is 0 Å². The molecule has 7 heteroatoms. The lowest BCUT2D eigenvalue weighted by Gasteiger charge is -2.25. The van der Waals surface area contributed by atoms with Crippen LogP contribution < -0.4 is 10.5 Å². The number of ether oxygens (including phenoxy) is 2. The highest BCUT2D eigenvalue weighted by molar-refractivity contribution is 5.95. The van der Waals surface area contributed by atoms with Gasteiger partial charge in [0.1, 0.15) is 5.60 Å². The Bertz CT molecular complexity index is 507. The number of nitrogens with two attached hydrogens (primary N) is 1. The van der Waals surface area contributed by atoms with E-state index in [9.17, 15) is 14.7 Å². The first kappa shape index (κ1) is 16.9. The Balaban J connectivity index is 2.98. The number of hydrogen-bond donors (Lipinski definition) is 2. The number of carboxylic acid groups (broad SMARTS) is 1. The largest absolute Gasteiger partial charge is 0.481 e. The first-order chi connectivity index (χ1) is 9.65. The molecule has 0 saturated heterocycles. The molecule has 21 heavy (non-hydrogen) atoms. The standard InChI is InChI=1S/C14H20N2O5/c1-14(2,3)21-13(19)10(12(17)18)11(15)8-5-6-9(20-4)16-7-8/h5-7,10-11H,15H2,1-4H3,(H,17,18)/t10-,11?/m0/s1. The summed E-state index contributed by atoms with van der Waals surface area (Å²) in [5.41, 5.74) is 5.51. The Kier molecular flexibility index (Phi) is 5.26. The minimum atomic E-state index is -1.50. The van der Waals surface area contributed by atoms with Crippen molar-refractivity contribution in [3.05, 3.63) is 23.9 Å². The van der Waals surface area contributed by atoms with Crippen LogP contribution in [-0.4, -0.2) is 34.7 Å². The van der Waals surface area contributed by atoms with Crippen molar-refractivity contribution in [3.8, 4) is 5.88 Å². The van der Waals surface area contributed by atoms with E-state index in [4.69, 9.17) is 15.2 Å². The Morgan fingerprint density at radius 2 is 1.95 bits per heavy atom. The smallest absolute Gasteiger partial charge is 0.322 e. The van der Waals surface area contributed by atoms with E-state index < -0.39 is 29.5 Å². The van der Waals surface area contributed by atoms with Gasteiger partial charge in [0.15, 0.2) is 5.92 Å². The van der Waals surface area contributed by atoms with Crippen LogP contribution in [0, 0.1) is 5.92 Å². The summed E-state index contributed by atoms with van der Waals surface area (Å²) in [6, 6.07) is 2.05. The van der Waals surface area contributed by atoms with Gasteiger partial charge in [0.2, 0.25) is 5.88 Å². The number of carbonyl (C=O) groups is 2. The van der Waals surface area contributed by atoms with E-state index in [2.05, 4.69) is 4.98 Å². The van der Waals surface area contributed by atoms with Crippen molar-refractivity contribution in [3.63, 3.8) is 0 Å². The van der Waals surface area contributed by atoms with Crippen LogP contribution in [0.1, 0.15) is 32.4 Å². The van der Waals surface area contributed by atoms with Gasteiger partial charge in [-0.15, -0.1) is 0 Å². The summed E-state index contributed by atoms with van der Waals surface area (Å²) in [6.07, 6.45) is 1.38. The zero-order chi connectivity index (χ0) is 16.2. The fraction of sp³-hybridized carbons (Fsp3) is 0.500. The minimum absolute atomic E-state index is 0.370. The predicted molar refractivity (Wildman–Crippen MR) is 74.7 cm³/mol. The summed E-state index contributed by atoms with van der Waals surface area (Å²) >= 11 is 0. The molecule has 0 amide bonds. The second kappa shape index (κ2) is 6.53. The molecule has 0 fully saturated rings. The third-order valence-corrected chi connectivity index (χ3v) is 2.64. The molecule has 1 rings (SSSR count). The van der Waals surface area contributed by atoms with Gasteiger partial charge in [-0.3, -0.25) is 9.59 Å². The van der Waals surface area contributed by atoms with E-state index in [0.717, 1.165) is 0 Å². The normalized spacial score (nSPS) is 14.1. The highest BCUT2D eigenvalue weighted by Crippen LogP contribution is 2.24. The molecule has 0 saturated carbocycles. The van der Waals surface area contributed by atoms with E-state index in [1.54, 1.807) is 32.9 Å². The van der Waals surface area contributed by atoms with Crippen LogP contribution >= 0.6 is 0 Å². The number of hydrogen-bond acceptors (Lipinski definition) is 6. The monoisotopic (exact) mass is 296 g/mol. The lowest BCUT2D eigenvalue weighted by Crippen LogP contribution is -2.39. The maximum atomic E-state index is 12.0. The van der Waals surface area contributed by atoms with E-state index in [-0.39, 0.29) is 0 Å². The third-order valence-electron chi connectivity index (χ3n) is 2.64. The van der Waals surface area contributed by atoms with Gasteiger partial charge in [0, 0.05) is 12.3 Å². The number of carbonyl (C=O) groups excluding carboxylic acids is 1. The van der Waals surface area contributed by atoms with Crippen molar-refractivity contribution < 1.29 is 24.2 Å². The molecular formula is C14H20N2O5. The predicted octanol–water partition coefficient (Wildman–Crippen LogP) is 1.13. The van der Waals surface area contributed by atoms with Gasteiger partial charge in [0.05, 0.1) is 13.2 Å². The zero-order valence-electron chi connectivity index (χ0n) is 12.5. The van der Waals surface area contributed by atoms with Gasteiger partial charge in [-0.25, -0.2) is 4.98 Å². The molecule has 3 N–H and O–H groups in total. The van der Waals surface area contributed by atoms with E-state index in [1.165, 1.54) is 13.3 Å². The molecule has 1 heterocycles. The fourth-order valence-electron chi connectivity index (χ4n) is 1.67. The maximum absolute atomic E-state index is 12.0. The quantitative estimate of drug-likeness (QED) is 0.618. The second-order valence-corrected chi connectivity index (χ2v) is 5.51. The highest BCUT2D eigenvalue weighted by Gasteiger charge is 2.37. The molecular weight excluding hydrogens is 276 g/mol. The summed E-state index contributed by atoms with van der Waals surface area (Å²) < 4.78 is 10.0. The number of rotatable bonds is 5.